The average molecular weight is 270 g/mol. The Kier molecular flexibility index (Phi) is 5.81. The highest BCUT2D eigenvalue weighted by Crippen LogP contribution is 2.34. The van der Waals surface area contributed by atoms with Gasteiger partial charge in [-0.2, -0.15) is 0 Å². The summed E-state index contributed by atoms with van der Waals surface area (Å²) in [5, 5.41) is 12.9. The molecule has 1 rings (SSSR count). The highest BCUT2D eigenvalue weighted by Gasteiger charge is 2.47. The summed E-state index contributed by atoms with van der Waals surface area (Å²) in [7, 11) is 2.14. The molecule has 4 heteroatoms. The first-order valence-electron chi connectivity index (χ1n) is 7.55. The number of rotatable bonds is 7. The fourth-order valence-electron chi connectivity index (χ4n) is 3.29. The van der Waals surface area contributed by atoms with Crippen molar-refractivity contribution in [2.75, 3.05) is 7.05 Å². The molecule has 0 aromatic rings. The van der Waals surface area contributed by atoms with Crippen LogP contribution in [0, 0.1) is 0 Å². The maximum absolute atomic E-state index is 11.6. The van der Waals surface area contributed by atoms with E-state index in [1.165, 1.54) is 12.8 Å². The normalized spacial score (nSPS) is 29.1. The maximum Gasteiger partial charge on any atom is 0.323 e. The molecule has 0 aliphatic heterocycles. The fourth-order valence-corrected chi connectivity index (χ4v) is 3.29. The van der Waals surface area contributed by atoms with E-state index in [-0.39, 0.29) is 6.04 Å². The van der Waals surface area contributed by atoms with Gasteiger partial charge in [0.2, 0.25) is 0 Å². The molecule has 112 valence electrons. The third-order valence-corrected chi connectivity index (χ3v) is 4.44. The van der Waals surface area contributed by atoms with Gasteiger partial charge in [0.15, 0.2) is 0 Å². The molecule has 0 aromatic heterocycles. The summed E-state index contributed by atoms with van der Waals surface area (Å²) in [6, 6.07) is 1.11. The van der Waals surface area contributed by atoms with Crippen LogP contribution in [0.25, 0.3) is 0 Å². The van der Waals surface area contributed by atoms with Gasteiger partial charge in [0.25, 0.3) is 0 Å². The molecular formula is C15H30N2O2. The molecule has 1 saturated carbocycles. The monoisotopic (exact) mass is 270 g/mol. The predicted octanol–water partition coefficient (Wildman–Crippen LogP) is 2.48. The first-order chi connectivity index (χ1) is 8.82. The summed E-state index contributed by atoms with van der Waals surface area (Å²) < 4.78 is 0. The molecule has 19 heavy (non-hydrogen) atoms. The van der Waals surface area contributed by atoms with Crippen molar-refractivity contribution in [3.05, 3.63) is 0 Å². The fraction of sp³-hybridized carbons (Fsp3) is 0.933. The summed E-state index contributed by atoms with van der Waals surface area (Å²) in [6.45, 7) is 8.46. The van der Waals surface area contributed by atoms with Gasteiger partial charge in [0.05, 0.1) is 0 Å². The Morgan fingerprint density at radius 1 is 1.47 bits per heavy atom. The summed E-state index contributed by atoms with van der Waals surface area (Å²) >= 11 is 0. The minimum Gasteiger partial charge on any atom is -0.480 e. The van der Waals surface area contributed by atoms with E-state index >= 15 is 0 Å². The summed E-state index contributed by atoms with van der Waals surface area (Å²) in [4.78, 5) is 14.0. The minimum atomic E-state index is -0.723. The van der Waals surface area contributed by atoms with Gasteiger partial charge >= 0.3 is 5.97 Å². The minimum absolute atomic E-state index is 0.202. The number of nitrogens with one attached hydrogen (secondary N) is 1. The van der Waals surface area contributed by atoms with Crippen LogP contribution < -0.4 is 5.32 Å². The largest absolute Gasteiger partial charge is 0.480 e. The molecular weight excluding hydrogens is 240 g/mol. The van der Waals surface area contributed by atoms with Gasteiger partial charge in [-0.1, -0.05) is 13.3 Å². The Bertz CT molecular complexity index is 307. The van der Waals surface area contributed by atoms with Crippen molar-refractivity contribution in [2.24, 2.45) is 0 Å². The van der Waals surface area contributed by atoms with Crippen molar-refractivity contribution in [1.29, 1.82) is 0 Å². The molecule has 1 fully saturated rings. The lowest BCUT2D eigenvalue weighted by molar-refractivity contribution is -0.145. The molecule has 1 aliphatic carbocycles. The molecule has 4 nitrogen and oxygen atoms in total. The smallest absolute Gasteiger partial charge is 0.323 e. The number of hydrogen-bond donors (Lipinski definition) is 2. The Balaban J connectivity index is 2.70. The molecule has 0 amide bonds. The molecule has 1 aliphatic rings. The van der Waals surface area contributed by atoms with Crippen molar-refractivity contribution in [3.63, 3.8) is 0 Å². The lowest BCUT2D eigenvalue weighted by atomic mass is 9.96. The standard InChI is InChI=1S/C15H30N2O2/c1-6-7-12(4)17(5)13-8-9-15(10-13,14(18)19)16-11(2)3/h11-13,16H,6-10H2,1-5H3,(H,18,19). The highest BCUT2D eigenvalue weighted by molar-refractivity contribution is 5.79. The van der Waals surface area contributed by atoms with Gasteiger partial charge in [-0.25, -0.2) is 0 Å². The van der Waals surface area contributed by atoms with E-state index in [1.807, 2.05) is 13.8 Å². The molecule has 0 spiro atoms. The molecule has 3 atom stereocenters. The van der Waals surface area contributed by atoms with E-state index in [0.29, 0.717) is 18.5 Å². The van der Waals surface area contributed by atoms with Crippen molar-refractivity contribution >= 4 is 5.97 Å². The zero-order valence-electron chi connectivity index (χ0n) is 13.1. The Morgan fingerprint density at radius 2 is 2.11 bits per heavy atom. The zero-order chi connectivity index (χ0) is 14.6. The number of carbonyl (C=O) groups is 1. The number of carboxylic acids is 1. The van der Waals surface area contributed by atoms with E-state index in [1.54, 1.807) is 0 Å². The van der Waals surface area contributed by atoms with E-state index in [9.17, 15) is 9.90 Å². The topological polar surface area (TPSA) is 52.6 Å². The van der Waals surface area contributed by atoms with Gasteiger partial charge in [-0.3, -0.25) is 10.1 Å². The number of aliphatic carboxylic acids is 1. The summed E-state index contributed by atoms with van der Waals surface area (Å²) in [5.41, 5.74) is -0.723. The van der Waals surface area contributed by atoms with Crippen LogP contribution in [0.3, 0.4) is 0 Å². The summed E-state index contributed by atoms with van der Waals surface area (Å²) in [6.07, 6.45) is 4.76. The van der Waals surface area contributed by atoms with Crippen LogP contribution in [0.1, 0.15) is 59.8 Å². The van der Waals surface area contributed by atoms with Gasteiger partial charge in [0.1, 0.15) is 5.54 Å². The van der Waals surface area contributed by atoms with Crippen molar-refractivity contribution in [1.82, 2.24) is 10.2 Å². The van der Waals surface area contributed by atoms with Gasteiger partial charge in [0, 0.05) is 18.1 Å². The molecule has 0 bridgehead atoms. The number of hydrogen-bond acceptors (Lipinski definition) is 3. The Morgan fingerprint density at radius 3 is 2.58 bits per heavy atom. The Hall–Kier alpha value is -0.610. The predicted molar refractivity (Wildman–Crippen MR) is 78.4 cm³/mol. The van der Waals surface area contributed by atoms with Crippen LogP contribution in [-0.4, -0.2) is 46.7 Å². The van der Waals surface area contributed by atoms with E-state index in [2.05, 4.69) is 31.1 Å². The van der Waals surface area contributed by atoms with Crippen molar-refractivity contribution < 1.29 is 9.90 Å². The highest BCUT2D eigenvalue weighted by atomic mass is 16.4. The second kappa shape index (κ2) is 6.71. The quantitative estimate of drug-likeness (QED) is 0.746. The average Bonchev–Trinajstić information content (AvgIpc) is 2.73. The van der Waals surface area contributed by atoms with Crippen LogP contribution in [0.4, 0.5) is 0 Å². The Labute approximate surface area is 117 Å². The molecule has 2 N–H and O–H groups in total. The van der Waals surface area contributed by atoms with Crippen LogP contribution in [0.15, 0.2) is 0 Å². The van der Waals surface area contributed by atoms with Crippen LogP contribution in [-0.2, 0) is 4.79 Å². The third kappa shape index (κ3) is 3.93. The van der Waals surface area contributed by atoms with Crippen LogP contribution >= 0.6 is 0 Å². The van der Waals surface area contributed by atoms with Crippen LogP contribution in [0.5, 0.6) is 0 Å². The van der Waals surface area contributed by atoms with Gasteiger partial charge < -0.3 is 10.0 Å². The van der Waals surface area contributed by atoms with E-state index in [4.69, 9.17) is 0 Å². The van der Waals surface area contributed by atoms with E-state index < -0.39 is 11.5 Å². The second-order valence-corrected chi connectivity index (χ2v) is 6.39. The van der Waals surface area contributed by atoms with Crippen molar-refractivity contribution in [2.45, 2.75) is 83.5 Å². The molecule has 0 aromatic carbocycles. The molecule has 0 saturated heterocycles. The molecule has 3 unspecified atom stereocenters. The zero-order valence-corrected chi connectivity index (χ0v) is 13.1. The lowest BCUT2D eigenvalue weighted by Crippen LogP contribution is -2.54. The first kappa shape index (κ1) is 16.4. The van der Waals surface area contributed by atoms with Crippen LogP contribution in [0.2, 0.25) is 0 Å². The first-order valence-corrected chi connectivity index (χ1v) is 7.55. The third-order valence-electron chi connectivity index (χ3n) is 4.44. The van der Waals surface area contributed by atoms with E-state index in [0.717, 1.165) is 12.8 Å². The number of carboxylic acid groups (broad SMARTS) is 1. The lowest BCUT2D eigenvalue weighted by Gasteiger charge is -2.33. The SMILES string of the molecule is CCCC(C)N(C)C1CCC(NC(C)C)(C(=O)O)C1. The summed E-state index contributed by atoms with van der Waals surface area (Å²) in [5.74, 6) is -0.694. The number of nitrogens with zero attached hydrogens (tertiary/aromatic N) is 1. The molecule has 0 radical (unpaired) electrons. The second-order valence-electron chi connectivity index (χ2n) is 6.39. The maximum atomic E-state index is 11.6. The van der Waals surface area contributed by atoms with Gasteiger partial charge in [-0.15, -0.1) is 0 Å². The molecule has 0 heterocycles. The van der Waals surface area contributed by atoms with Crippen molar-refractivity contribution in [3.8, 4) is 0 Å². The van der Waals surface area contributed by atoms with Gasteiger partial charge in [-0.05, 0) is 53.5 Å².